The van der Waals surface area contributed by atoms with Gasteiger partial charge < -0.3 is 29.7 Å². The zero-order valence-corrected chi connectivity index (χ0v) is 24.9. The normalized spacial score (nSPS) is 17.4. The zero-order chi connectivity index (χ0) is 29.0. The molecule has 0 bridgehead atoms. The first-order valence-corrected chi connectivity index (χ1v) is 14.8. The maximum absolute atomic E-state index is 12.9. The number of thiazole rings is 1. The topological polar surface area (TPSA) is 115 Å². The van der Waals surface area contributed by atoms with Crippen LogP contribution in [0, 0.1) is 0 Å². The Bertz CT molecular complexity index is 1480. The molecule has 216 valence electrons. The van der Waals surface area contributed by atoms with Gasteiger partial charge in [0.1, 0.15) is 46.4 Å². The molecule has 1 atom stereocenters. The van der Waals surface area contributed by atoms with Crippen LogP contribution in [0.25, 0.3) is 10.2 Å². The summed E-state index contributed by atoms with van der Waals surface area (Å²) in [5, 5.41) is 6.04. The third-order valence-corrected chi connectivity index (χ3v) is 7.79. The van der Waals surface area contributed by atoms with E-state index in [9.17, 15) is 9.59 Å². The number of carbonyl (C=O) groups is 2. The second kappa shape index (κ2) is 12.4. The van der Waals surface area contributed by atoms with Gasteiger partial charge >= 0.3 is 6.09 Å². The van der Waals surface area contributed by atoms with E-state index in [0.717, 1.165) is 34.3 Å². The van der Waals surface area contributed by atoms with Crippen LogP contribution >= 0.6 is 23.6 Å². The highest BCUT2D eigenvalue weighted by Gasteiger charge is 2.33. The highest BCUT2D eigenvalue weighted by atomic mass is 32.1. The van der Waals surface area contributed by atoms with Crippen molar-refractivity contribution in [3.63, 3.8) is 0 Å². The Balaban J connectivity index is 1.27. The van der Waals surface area contributed by atoms with E-state index in [4.69, 9.17) is 26.4 Å². The van der Waals surface area contributed by atoms with Crippen molar-refractivity contribution in [3.8, 4) is 5.75 Å². The van der Waals surface area contributed by atoms with Crippen LogP contribution in [0.5, 0.6) is 5.75 Å². The van der Waals surface area contributed by atoms with Crippen LogP contribution in [0.4, 0.5) is 10.5 Å². The van der Waals surface area contributed by atoms with Crippen LogP contribution in [0.1, 0.15) is 45.6 Å². The Morgan fingerprint density at radius 1 is 1.27 bits per heavy atom. The Kier molecular flexibility index (Phi) is 8.69. The fraction of sp³-hybridized carbons (Fsp3) is 0.414. The van der Waals surface area contributed by atoms with Gasteiger partial charge in [-0.1, -0.05) is 18.3 Å². The van der Waals surface area contributed by atoms with Crippen molar-refractivity contribution in [2.24, 2.45) is 0 Å². The van der Waals surface area contributed by atoms with E-state index in [2.05, 4.69) is 20.6 Å². The molecular formula is C29H33N5O5S2. The van der Waals surface area contributed by atoms with Crippen LogP contribution in [0.2, 0.25) is 0 Å². The Labute approximate surface area is 248 Å². The number of nitrogens with zero attached hydrogens (tertiary/aromatic N) is 3. The van der Waals surface area contributed by atoms with Gasteiger partial charge in [-0.05, 0) is 51.8 Å². The highest BCUT2D eigenvalue weighted by Crippen LogP contribution is 2.28. The van der Waals surface area contributed by atoms with E-state index >= 15 is 0 Å². The summed E-state index contributed by atoms with van der Waals surface area (Å²) in [4.78, 5) is 36.2. The molecule has 2 amide bonds. The summed E-state index contributed by atoms with van der Waals surface area (Å²) in [6.07, 6.45) is 5.18. The fourth-order valence-electron chi connectivity index (χ4n) is 4.75. The molecule has 5 rings (SSSR count). The average Bonchev–Trinajstić information content (AvgIpc) is 3.60. The molecule has 0 saturated carbocycles. The zero-order valence-electron chi connectivity index (χ0n) is 23.3. The number of hydrogen-bond donors (Lipinski definition) is 2. The minimum atomic E-state index is -0.561. The number of likely N-dealkylation sites (tertiary alicyclic amines) is 1. The van der Waals surface area contributed by atoms with E-state index in [1.54, 1.807) is 22.8 Å². The Morgan fingerprint density at radius 3 is 2.95 bits per heavy atom. The molecule has 0 radical (unpaired) electrons. The lowest BCUT2D eigenvalue weighted by Gasteiger charge is -2.28. The van der Waals surface area contributed by atoms with Crippen molar-refractivity contribution in [1.29, 1.82) is 0 Å². The van der Waals surface area contributed by atoms with Crippen LogP contribution in [0.3, 0.4) is 0 Å². The molecule has 4 heterocycles. The lowest BCUT2D eigenvalue weighted by molar-refractivity contribution is -0.117. The second-order valence-corrected chi connectivity index (χ2v) is 12.1. The average molecular weight is 596 g/mol. The summed E-state index contributed by atoms with van der Waals surface area (Å²) in [5.74, 6) is 0.775. The van der Waals surface area contributed by atoms with Crippen molar-refractivity contribution in [1.82, 2.24) is 20.2 Å². The van der Waals surface area contributed by atoms with Crippen LogP contribution in [0.15, 0.2) is 53.5 Å². The monoisotopic (exact) mass is 595 g/mol. The fourth-order valence-corrected chi connectivity index (χ4v) is 5.77. The molecule has 1 aromatic carbocycles. The van der Waals surface area contributed by atoms with Crippen molar-refractivity contribution < 1.29 is 23.8 Å². The number of carbonyl (C=O) groups excluding carboxylic acids is 2. The first-order valence-electron chi connectivity index (χ1n) is 13.5. The maximum Gasteiger partial charge on any atom is 0.410 e. The SMILES string of the molecule is CC(C)(C)OC(=O)N1CCC[C@@H]1COc1cnccc1COC1=C(C(=S)Nc2cccc3scnc23)C(=O)NCC1. The van der Waals surface area contributed by atoms with E-state index in [0.29, 0.717) is 43.2 Å². The molecule has 1 saturated heterocycles. The number of nitrogens with one attached hydrogen (secondary N) is 2. The smallest absolute Gasteiger partial charge is 0.410 e. The summed E-state index contributed by atoms with van der Waals surface area (Å²) in [7, 11) is 0. The third kappa shape index (κ3) is 6.94. The summed E-state index contributed by atoms with van der Waals surface area (Å²) < 4.78 is 18.9. The van der Waals surface area contributed by atoms with Gasteiger partial charge in [-0.2, -0.15) is 0 Å². The van der Waals surface area contributed by atoms with Crippen molar-refractivity contribution in [2.45, 2.75) is 58.3 Å². The molecule has 10 nitrogen and oxygen atoms in total. The Morgan fingerprint density at radius 2 is 2.12 bits per heavy atom. The molecule has 2 aliphatic rings. The number of pyridine rings is 1. The van der Waals surface area contributed by atoms with Crippen molar-refractivity contribution in [3.05, 3.63) is 59.1 Å². The maximum atomic E-state index is 12.9. The van der Waals surface area contributed by atoms with Crippen LogP contribution in [-0.4, -0.2) is 63.2 Å². The van der Waals surface area contributed by atoms with Gasteiger partial charge in [-0.25, -0.2) is 9.78 Å². The molecular weight excluding hydrogens is 562 g/mol. The standard InChI is InChI=1S/C29H33N5O5S2/c1-29(2,3)39-28(36)34-13-5-6-19(34)16-38-22-14-30-11-9-18(22)15-37-21-10-12-31-26(35)24(21)27(40)33-20-7-4-8-23-25(20)32-17-41-23/h4,7-9,11,14,17,19H,5-6,10,12-13,15-16H2,1-3H3,(H,31,35)(H,33,40)/t19-/m1/s1. The molecule has 2 aromatic heterocycles. The second-order valence-electron chi connectivity index (χ2n) is 10.8. The number of thiocarbonyl (C=S) groups is 1. The van der Waals surface area contributed by atoms with Gasteiger partial charge in [-0.3, -0.25) is 9.78 Å². The number of para-hydroxylation sites is 1. The molecule has 2 N–H and O–H groups in total. The lowest BCUT2D eigenvalue weighted by Crippen LogP contribution is -2.42. The van der Waals surface area contributed by atoms with Crippen molar-refractivity contribution >= 4 is 56.4 Å². The number of rotatable bonds is 8. The van der Waals surface area contributed by atoms with Gasteiger partial charge in [0.15, 0.2) is 0 Å². The van der Waals surface area contributed by atoms with Gasteiger partial charge in [0.05, 0.1) is 28.1 Å². The van der Waals surface area contributed by atoms with E-state index in [-0.39, 0.29) is 29.6 Å². The number of aromatic nitrogens is 2. The number of benzene rings is 1. The Hall–Kier alpha value is -3.77. The van der Waals surface area contributed by atoms with Crippen LogP contribution < -0.4 is 15.4 Å². The summed E-state index contributed by atoms with van der Waals surface area (Å²) in [6, 6.07) is 7.50. The van der Waals surface area contributed by atoms with E-state index in [1.165, 1.54) is 11.3 Å². The van der Waals surface area contributed by atoms with Crippen molar-refractivity contribution in [2.75, 3.05) is 25.0 Å². The number of fused-ring (bicyclic) bond motifs is 1. The van der Waals surface area contributed by atoms with Gasteiger partial charge in [0.2, 0.25) is 0 Å². The largest absolute Gasteiger partial charge is 0.492 e. The molecule has 3 aromatic rings. The summed E-state index contributed by atoms with van der Waals surface area (Å²) >= 11 is 7.19. The number of anilines is 1. The number of amides is 2. The minimum absolute atomic E-state index is 0.0965. The van der Waals surface area contributed by atoms with Gasteiger partial charge in [0.25, 0.3) is 5.91 Å². The third-order valence-electron chi connectivity index (χ3n) is 6.69. The summed E-state index contributed by atoms with van der Waals surface area (Å²) in [6.45, 7) is 7.12. The van der Waals surface area contributed by atoms with E-state index < -0.39 is 5.60 Å². The molecule has 0 aliphatic carbocycles. The number of ether oxygens (including phenoxy) is 3. The molecule has 41 heavy (non-hydrogen) atoms. The first-order chi connectivity index (χ1) is 19.7. The predicted octanol–water partition coefficient (Wildman–Crippen LogP) is 5.20. The quantitative estimate of drug-likeness (QED) is 0.339. The molecule has 0 unspecified atom stereocenters. The van der Waals surface area contributed by atoms with Gasteiger partial charge in [0, 0.05) is 31.3 Å². The molecule has 1 fully saturated rings. The number of hydrogen-bond acceptors (Lipinski definition) is 9. The minimum Gasteiger partial charge on any atom is -0.492 e. The van der Waals surface area contributed by atoms with Gasteiger partial charge in [-0.15, -0.1) is 11.3 Å². The van der Waals surface area contributed by atoms with E-state index in [1.807, 2.05) is 45.0 Å². The summed E-state index contributed by atoms with van der Waals surface area (Å²) in [5.41, 5.74) is 3.81. The molecule has 0 spiro atoms. The predicted molar refractivity (Wildman–Crippen MR) is 161 cm³/mol. The lowest BCUT2D eigenvalue weighted by atomic mass is 10.1. The molecule has 2 aliphatic heterocycles. The molecule has 12 heteroatoms. The highest BCUT2D eigenvalue weighted by molar-refractivity contribution is 7.81. The van der Waals surface area contributed by atoms with Crippen LogP contribution in [-0.2, 0) is 20.9 Å². The first kappa shape index (κ1) is 28.7.